The van der Waals surface area contributed by atoms with Crippen molar-refractivity contribution in [2.24, 2.45) is 0 Å². The quantitative estimate of drug-likeness (QED) is 0.767. The van der Waals surface area contributed by atoms with Crippen molar-refractivity contribution in [3.8, 4) is 0 Å². The maximum Gasteiger partial charge on any atom is 0.0546 e. The van der Waals surface area contributed by atoms with Crippen LogP contribution in [0.15, 0.2) is 42.5 Å². The topological polar surface area (TPSA) is 20.2 Å². The second kappa shape index (κ2) is 3.91. The molecule has 2 aromatic rings. The van der Waals surface area contributed by atoms with Gasteiger partial charge in [-0.3, -0.25) is 0 Å². The Labute approximate surface area is 95.7 Å². The van der Waals surface area contributed by atoms with Gasteiger partial charge < -0.3 is 5.11 Å². The van der Waals surface area contributed by atoms with Crippen LogP contribution in [0.5, 0.6) is 0 Å². The lowest BCUT2D eigenvalue weighted by molar-refractivity contribution is 0.181. The number of hydrogen-bond acceptors (Lipinski definition) is 1. The Kier molecular flexibility index (Phi) is 2.41. The monoisotopic (exact) mass is 212 g/mol. The molecule has 2 unspecified atom stereocenters. The molecule has 2 atom stereocenters. The highest BCUT2D eigenvalue weighted by Gasteiger charge is 2.24. The Morgan fingerprint density at radius 3 is 2.56 bits per heavy atom. The Morgan fingerprint density at radius 1 is 0.938 bits per heavy atom. The van der Waals surface area contributed by atoms with Crippen LogP contribution in [-0.4, -0.2) is 11.2 Å². The van der Waals surface area contributed by atoms with E-state index in [1.165, 1.54) is 16.3 Å². The van der Waals surface area contributed by atoms with Crippen molar-refractivity contribution in [2.75, 3.05) is 0 Å². The zero-order valence-electron chi connectivity index (χ0n) is 9.26. The third kappa shape index (κ3) is 1.61. The van der Waals surface area contributed by atoms with Crippen LogP contribution < -0.4 is 0 Å². The molecule has 16 heavy (non-hydrogen) atoms. The van der Waals surface area contributed by atoms with E-state index in [0.29, 0.717) is 5.92 Å². The standard InChI is InChI=1S/C15H16O/c16-13-9-8-12(10-13)15-7-3-5-11-4-1-2-6-14(11)15/h1-7,12-13,16H,8-10H2. The molecule has 0 aromatic heterocycles. The molecule has 0 heterocycles. The molecule has 82 valence electrons. The SMILES string of the molecule is OC1CCC(c2cccc3ccccc23)C1. The van der Waals surface area contributed by atoms with E-state index in [0.717, 1.165) is 19.3 Å². The van der Waals surface area contributed by atoms with Crippen LogP contribution in [0, 0.1) is 0 Å². The molecule has 0 spiro atoms. The van der Waals surface area contributed by atoms with Gasteiger partial charge in [-0.15, -0.1) is 0 Å². The summed E-state index contributed by atoms with van der Waals surface area (Å²) in [5, 5.41) is 12.3. The summed E-state index contributed by atoms with van der Waals surface area (Å²) in [6.45, 7) is 0. The molecular formula is C15H16O. The highest BCUT2D eigenvalue weighted by atomic mass is 16.3. The molecule has 1 aliphatic carbocycles. The van der Waals surface area contributed by atoms with E-state index < -0.39 is 0 Å². The van der Waals surface area contributed by atoms with E-state index in [-0.39, 0.29) is 6.10 Å². The van der Waals surface area contributed by atoms with Gasteiger partial charge in [0.05, 0.1) is 6.10 Å². The van der Waals surface area contributed by atoms with Crippen molar-refractivity contribution < 1.29 is 5.11 Å². The van der Waals surface area contributed by atoms with Gasteiger partial charge in [0.1, 0.15) is 0 Å². The predicted molar refractivity (Wildman–Crippen MR) is 66.5 cm³/mol. The molecule has 0 aliphatic heterocycles. The second-order valence-corrected chi connectivity index (χ2v) is 4.73. The Hall–Kier alpha value is -1.34. The molecule has 1 nitrogen and oxygen atoms in total. The first-order chi connectivity index (χ1) is 7.84. The minimum atomic E-state index is -0.0935. The smallest absolute Gasteiger partial charge is 0.0546 e. The van der Waals surface area contributed by atoms with Gasteiger partial charge in [0, 0.05) is 0 Å². The maximum atomic E-state index is 9.63. The highest BCUT2D eigenvalue weighted by molar-refractivity contribution is 5.86. The first-order valence-corrected chi connectivity index (χ1v) is 6.00. The fourth-order valence-electron chi connectivity index (χ4n) is 2.85. The number of aliphatic hydroxyl groups is 1. The van der Waals surface area contributed by atoms with Gasteiger partial charge in [0.2, 0.25) is 0 Å². The average Bonchev–Trinajstić information content (AvgIpc) is 2.75. The number of rotatable bonds is 1. The summed E-state index contributed by atoms with van der Waals surface area (Å²) in [7, 11) is 0. The van der Waals surface area contributed by atoms with Crippen molar-refractivity contribution in [1.82, 2.24) is 0 Å². The van der Waals surface area contributed by atoms with E-state index in [4.69, 9.17) is 0 Å². The molecule has 1 N–H and O–H groups in total. The van der Waals surface area contributed by atoms with Crippen molar-refractivity contribution >= 4 is 10.8 Å². The molecule has 0 radical (unpaired) electrons. The Bertz CT molecular complexity index is 498. The van der Waals surface area contributed by atoms with Crippen LogP contribution in [-0.2, 0) is 0 Å². The minimum Gasteiger partial charge on any atom is -0.393 e. The molecule has 0 amide bonds. The Morgan fingerprint density at radius 2 is 1.75 bits per heavy atom. The largest absolute Gasteiger partial charge is 0.393 e. The number of benzene rings is 2. The summed E-state index contributed by atoms with van der Waals surface area (Å²) in [4.78, 5) is 0. The molecule has 1 saturated carbocycles. The van der Waals surface area contributed by atoms with Gasteiger partial charge in [0.25, 0.3) is 0 Å². The van der Waals surface area contributed by atoms with E-state index in [9.17, 15) is 5.11 Å². The van der Waals surface area contributed by atoms with E-state index >= 15 is 0 Å². The zero-order chi connectivity index (χ0) is 11.0. The fraction of sp³-hybridized carbons (Fsp3) is 0.333. The normalized spacial score (nSPS) is 25.1. The lowest BCUT2D eigenvalue weighted by Crippen LogP contribution is -1.99. The second-order valence-electron chi connectivity index (χ2n) is 4.73. The molecule has 0 saturated heterocycles. The summed E-state index contributed by atoms with van der Waals surface area (Å²) in [6.07, 6.45) is 2.90. The number of hydrogen-bond donors (Lipinski definition) is 1. The van der Waals surface area contributed by atoms with Crippen molar-refractivity contribution in [3.05, 3.63) is 48.0 Å². The van der Waals surface area contributed by atoms with Gasteiger partial charge in [-0.1, -0.05) is 42.5 Å². The van der Waals surface area contributed by atoms with Gasteiger partial charge in [-0.2, -0.15) is 0 Å². The van der Waals surface area contributed by atoms with Crippen LogP contribution >= 0.6 is 0 Å². The lowest BCUT2D eigenvalue weighted by atomic mass is 9.92. The van der Waals surface area contributed by atoms with E-state index in [2.05, 4.69) is 42.5 Å². The Balaban J connectivity index is 2.09. The van der Waals surface area contributed by atoms with Gasteiger partial charge >= 0.3 is 0 Å². The predicted octanol–water partition coefficient (Wildman–Crippen LogP) is 3.47. The first kappa shape index (κ1) is 9.86. The van der Waals surface area contributed by atoms with Crippen LogP contribution in [0.3, 0.4) is 0 Å². The van der Waals surface area contributed by atoms with Gasteiger partial charge in [-0.25, -0.2) is 0 Å². The summed E-state index contributed by atoms with van der Waals surface area (Å²) in [5.41, 5.74) is 1.41. The maximum absolute atomic E-state index is 9.63. The molecule has 1 heteroatoms. The molecule has 0 bridgehead atoms. The number of aliphatic hydroxyl groups excluding tert-OH is 1. The van der Waals surface area contributed by atoms with Crippen molar-refractivity contribution in [3.63, 3.8) is 0 Å². The van der Waals surface area contributed by atoms with Crippen LogP contribution in [0.2, 0.25) is 0 Å². The molecular weight excluding hydrogens is 196 g/mol. The minimum absolute atomic E-state index is 0.0935. The summed E-state index contributed by atoms with van der Waals surface area (Å²) in [6, 6.07) is 15.0. The third-order valence-electron chi connectivity index (χ3n) is 3.67. The van der Waals surface area contributed by atoms with Crippen molar-refractivity contribution in [1.29, 1.82) is 0 Å². The number of fused-ring (bicyclic) bond motifs is 1. The molecule has 1 aliphatic rings. The first-order valence-electron chi connectivity index (χ1n) is 6.00. The van der Waals surface area contributed by atoms with E-state index in [1.807, 2.05) is 0 Å². The van der Waals surface area contributed by atoms with Crippen LogP contribution in [0.4, 0.5) is 0 Å². The summed E-state index contributed by atoms with van der Waals surface area (Å²) >= 11 is 0. The molecule has 2 aromatic carbocycles. The van der Waals surface area contributed by atoms with Crippen LogP contribution in [0.25, 0.3) is 10.8 Å². The molecule has 1 fully saturated rings. The summed E-state index contributed by atoms with van der Waals surface area (Å²) < 4.78 is 0. The van der Waals surface area contributed by atoms with Crippen LogP contribution in [0.1, 0.15) is 30.7 Å². The zero-order valence-corrected chi connectivity index (χ0v) is 9.26. The fourth-order valence-corrected chi connectivity index (χ4v) is 2.85. The van der Waals surface area contributed by atoms with Crippen molar-refractivity contribution in [2.45, 2.75) is 31.3 Å². The summed E-state index contributed by atoms with van der Waals surface area (Å²) in [5.74, 6) is 0.543. The van der Waals surface area contributed by atoms with Gasteiger partial charge in [0.15, 0.2) is 0 Å². The molecule has 3 rings (SSSR count). The van der Waals surface area contributed by atoms with E-state index in [1.54, 1.807) is 0 Å². The highest BCUT2D eigenvalue weighted by Crippen LogP contribution is 2.37. The average molecular weight is 212 g/mol. The van der Waals surface area contributed by atoms with Gasteiger partial charge in [-0.05, 0) is 41.5 Å². The third-order valence-corrected chi connectivity index (χ3v) is 3.67. The lowest BCUT2D eigenvalue weighted by Gasteiger charge is -2.13.